The third-order valence-electron chi connectivity index (χ3n) is 5.04. The van der Waals surface area contributed by atoms with Crippen LogP contribution in [0.1, 0.15) is 17.4 Å². The first-order valence-corrected chi connectivity index (χ1v) is 7.74. The lowest BCUT2D eigenvalue weighted by molar-refractivity contribution is 0.216. The van der Waals surface area contributed by atoms with Crippen LogP contribution in [0, 0.1) is 63.6 Å². The molecule has 6 nitrogen and oxygen atoms in total. The molecule has 0 saturated heterocycles. The van der Waals surface area contributed by atoms with Crippen LogP contribution in [0.4, 0.5) is 0 Å². The Bertz CT molecular complexity index is 830. The topological polar surface area (TPSA) is 112 Å². The minimum atomic E-state index is -1.69. The maximum atomic E-state index is 9.82. The van der Waals surface area contributed by atoms with Gasteiger partial charge in [0.15, 0.2) is 5.41 Å². The molecule has 1 aromatic heterocycles. The highest BCUT2D eigenvalue weighted by Gasteiger charge is 2.58. The van der Waals surface area contributed by atoms with Crippen molar-refractivity contribution in [2.45, 2.75) is 12.8 Å². The molecule has 2 heterocycles. The Morgan fingerprint density at radius 1 is 1.29 bits per heavy atom. The predicted molar refractivity (Wildman–Crippen MR) is 85.7 cm³/mol. The minimum Gasteiger partial charge on any atom is -0.466 e. The number of hydrogen-bond acceptors (Lipinski definition) is 6. The quantitative estimate of drug-likeness (QED) is 0.799. The van der Waals surface area contributed by atoms with Crippen molar-refractivity contribution in [3.8, 4) is 18.2 Å². The van der Waals surface area contributed by atoms with Crippen molar-refractivity contribution < 1.29 is 4.42 Å². The molecule has 0 spiro atoms. The summed E-state index contributed by atoms with van der Waals surface area (Å²) >= 11 is 0. The number of furan rings is 1. The van der Waals surface area contributed by atoms with Gasteiger partial charge in [0.05, 0.1) is 29.8 Å². The highest BCUT2D eigenvalue weighted by Crippen LogP contribution is 2.53. The van der Waals surface area contributed by atoms with Gasteiger partial charge in [-0.3, -0.25) is 0 Å². The van der Waals surface area contributed by atoms with E-state index in [-0.39, 0.29) is 11.6 Å². The molecule has 0 radical (unpaired) electrons. The van der Waals surface area contributed by atoms with E-state index in [9.17, 15) is 15.8 Å². The van der Waals surface area contributed by atoms with Crippen LogP contribution in [0.2, 0.25) is 0 Å². The molecule has 0 aromatic carbocycles. The minimum absolute atomic E-state index is 0.138. The van der Waals surface area contributed by atoms with Crippen LogP contribution in [0.25, 0.3) is 0 Å². The highest BCUT2D eigenvalue weighted by molar-refractivity contribution is 6.00. The van der Waals surface area contributed by atoms with Gasteiger partial charge in [0, 0.05) is 19.0 Å². The number of nitriles is 3. The second-order valence-electron chi connectivity index (χ2n) is 6.47. The molecule has 120 valence electrons. The Kier molecular flexibility index (Phi) is 3.76. The monoisotopic (exact) mass is 319 g/mol. The SMILES string of the molecule is Cc1ccc([C@@H]2[C@H]3CN(C)CC=C3[C@H](C#N)C(=N)C2(C#N)C#N)o1. The van der Waals surface area contributed by atoms with Gasteiger partial charge in [-0.25, -0.2) is 0 Å². The Morgan fingerprint density at radius 2 is 2.00 bits per heavy atom. The molecule has 24 heavy (non-hydrogen) atoms. The first-order valence-electron chi connectivity index (χ1n) is 7.74. The van der Waals surface area contributed by atoms with Crippen LogP contribution < -0.4 is 0 Å². The molecule has 3 rings (SSSR count). The van der Waals surface area contributed by atoms with Gasteiger partial charge in [0.1, 0.15) is 17.4 Å². The second kappa shape index (κ2) is 5.64. The molecule has 3 atom stereocenters. The standard InChI is InChI=1S/C18H17N5O/c1-11-3-4-15(24-11)16-14-8-23(2)6-5-12(14)13(7-19)17(22)18(16,9-20)10-21/h3-5,13-14,16,22H,6,8H2,1-2H3/t13-,14-,16-/m0/s1. The molecule has 1 N–H and O–H groups in total. The van der Waals surface area contributed by atoms with Gasteiger partial charge in [-0.2, -0.15) is 15.8 Å². The van der Waals surface area contributed by atoms with Crippen molar-refractivity contribution in [2.24, 2.45) is 17.3 Å². The largest absolute Gasteiger partial charge is 0.466 e. The van der Waals surface area contributed by atoms with E-state index in [1.165, 1.54) is 0 Å². The molecule has 6 heteroatoms. The summed E-state index contributed by atoms with van der Waals surface area (Å²) in [5.41, 5.74) is -0.993. The average molecular weight is 319 g/mol. The van der Waals surface area contributed by atoms with Gasteiger partial charge < -0.3 is 14.7 Å². The summed E-state index contributed by atoms with van der Waals surface area (Å²) in [6.07, 6.45) is 1.96. The zero-order valence-corrected chi connectivity index (χ0v) is 13.6. The van der Waals surface area contributed by atoms with E-state index >= 15 is 0 Å². The Labute approximate surface area is 140 Å². The molecule has 1 fully saturated rings. The number of rotatable bonds is 1. The summed E-state index contributed by atoms with van der Waals surface area (Å²) < 4.78 is 5.76. The van der Waals surface area contributed by atoms with Gasteiger partial charge in [-0.15, -0.1) is 0 Å². The molecule has 2 aliphatic rings. The fourth-order valence-corrected chi connectivity index (χ4v) is 3.88. The van der Waals surface area contributed by atoms with Crippen LogP contribution in [-0.2, 0) is 0 Å². The van der Waals surface area contributed by atoms with E-state index in [4.69, 9.17) is 9.83 Å². The normalized spacial score (nSPS) is 28.9. The van der Waals surface area contributed by atoms with Crippen molar-refractivity contribution in [3.05, 3.63) is 35.3 Å². The average Bonchev–Trinajstić information content (AvgIpc) is 3.00. The lowest BCUT2D eigenvalue weighted by Gasteiger charge is -2.46. The van der Waals surface area contributed by atoms with E-state index in [2.05, 4.69) is 11.0 Å². The lowest BCUT2D eigenvalue weighted by Crippen LogP contribution is -2.52. The summed E-state index contributed by atoms with van der Waals surface area (Å²) in [5, 5.41) is 37.7. The maximum Gasteiger partial charge on any atom is 0.192 e. The highest BCUT2D eigenvalue weighted by atomic mass is 16.3. The van der Waals surface area contributed by atoms with Crippen molar-refractivity contribution in [3.63, 3.8) is 0 Å². The molecule has 1 aliphatic carbocycles. The van der Waals surface area contributed by atoms with Crippen molar-refractivity contribution in [2.75, 3.05) is 20.1 Å². The first kappa shape index (κ1) is 16.0. The lowest BCUT2D eigenvalue weighted by atomic mass is 9.55. The molecule has 1 aliphatic heterocycles. The number of nitrogens with one attached hydrogen (secondary N) is 1. The molecule has 0 amide bonds. The Hall–Kier alpha value is -2.88. The van der Waals surface area contributed by atoms with Crippen molar-refractivity contribution in [1.82, 2.24) is 4.90 Å². The van der Waals surface area contributed by atoms with Gasteiger partial charge in [0.25, 0.3) is 0 Å². The number of nitrogens with zero attached hydrogens (tertiary/aromatic N) is 4. The molecule has 0 unspecified atom stereocenters. The van der Waals surface area contributed by atoms with Crippen LogP contribution in [0.5, 0.6) is 0 Å². The molecule has 0 bridgehead atoms. The Morgan fingerprint density at radius 3 is 2.54 bits per heavy atom. The fourth-order valence-electron chi connectivity index (χ4n) is 3.88. The number of hydrogen-bond donors (Lipinski definition) is 1. The van der Waals surface area contributed by atoms with Crippen molar-refractivity contribution in [1.29, 1.82) is 21.2 Å². The summed E-state index contributed by atoms with van der Waals surface area (Å²) in [6.45, 7) is 3.11. The fraction of sp³-hybridized carbons (Fsp3) is 0.444. The van der Waals surface area contributed by atoms with E-state index < -0.39 is 17.3 Å². The summed E-state index contributed by atoms with van der Waals surface area (Å²) in [7, 11) is 1.96. The van der Waals surface area contributed by atoms with Gasteiger partial charge in [0.2, 0.25) is 0 Å². The van der Waals surface area contributed by atoms with E-state index in [1.807, 2.05) is 25.3 Å². The van der Waals surface area contributed by atoms with Gasteiger partial charge >= 0.3 is 0 Å². The molecular formula is C18H17N5O. The van der Waals surface area contributed by atoms with E-state index in [1.54, 1.807) is 19.1 Å². The predicted octanol–water partition coefficient (Wildman–Crippen LogP) is 2.37. The number of fused-ring (bicyclic) bond motifs is 1. The summed E-state index contributed by atoms with van der Waals surface area (Å²) in [4.78, 5) is 2.08. The Balaban J connectivity index is 2.26. The summed E-state index contributed by atoms with van der Waals surface area (Å²) in [5.74, 6) is -0.392. The third kappa shape index (κ3) is 2.07. The van der Waals surface area contributed by atoms with Crippen LogP contribution in [-0.4, -0.2) is 30.7 Å². The smallest absolute Gasteiger partial charge is 0.192 e. The number of likely N-dealkylation sites (N-methyl/N-ethyl adjacent to an activating group) is 1. The number of aryl methyl sites for hydroxylation is 1. The molecule has 1 saturated carbocycles. The van der Waals surface area contributed by atoms with E-state index in [0.29, 0.717) is 24.6 Å². The van der Waals surface area contributed by atoms with Crippen LogP contribution in [0.3, 0.4) is 0 Å². The zero-order chi connectivity index (χ0) is 17.5. The van der Waals surface area contributed by atoms with E-state index in [0.717, 1.165) is 5.57 Å². The maximum absolute atomic E-state index is 9.82. The second-order valence-corrected chi connectivity index (χ2v) is 6.47. The molecular weight excluding hydrogens is 302 g/mol. The molecule has 1 aromatic rings. The first-order chi connectivity index (χ1) is 11.5. The van der Waals surface area contributed by atoms with Crippen LogP contribution in [0.15, 0.2) is 28.2 Å². The summed E-state index contributed by atoms with van der Waals surface area (Å²) in [6, 6.07) is 9.78. The third-order valence-corrected chi connectivity index (χ3v) is 5.04. The van der Waals surface area contributed by atoms with Gasteiger partial charge in [-0.1, -0.05) is 6.08 Å². The zero-order valence-electron chi connectivity index (χ0n) is 13.6. The van der Waals surface area contributed by atoms with Gasteiger partial charge in [-0.05, 0) is 31.7 Å². The van der Waals surface area contributed by atoms with Crippen LogP contribution >= 0.6 is 0 Å². The van der Waals surface area contributed by atoms with Crippen molar-refractivity contribution >= 4 is 5.71 Å².